The van der Waals surface area contributed by atoms with Crippen molar-refractivity contribution in [1.82, 2.24) is 4.57 Å². The fourth-order valence-electron chi connectivity index (χ4n) is 1.66. The average molecular weight is 263 g/mol. The number of primary amides is 1. The number of anilines is 1. The Morgan fingerprint density at radius 2 is 2.17 bits per heavy atom. The number of benzene rings is 1. The Balaban J connectivity index is 2.36. The van der Waals surface area contributed by atoms with E-state index in [9.17, 15) is 9.59 Å². The Morgan fingerprint density at radius 1 is 1.44 bits per heavy atom. The van der Waals surface area contributed by atoms with Crippen molar-refractivity contribution in [3.8, 4) is 0 Å². The lowest BCUT2D eigenvalue weighted by Gasteiger charge is -2.08. The molecule has 0 saturated heterocycles. The highest BCUT2D eigenvalue weighted by atomic mass is 32.1. The molecule has 2 aromatic rings. The van der Waals surface area contributed by atoms with Crippen molar-refractivity contribution < 1.29 is 4.79 Å². The number of hydrogen-bond donors (Lipinski definition) is 2. The van der Waals surface area contributed by atoms with E-state index in [0.717, 1.165) is 22.6 Å². The van der Waals surface area contributed by atoms with E-state index in [0.29, 0.717) is 17.8 Å². The van der Waals surface area contributed by atoms with Crippen LogP contribution in [0.1, 0.15) is 21.6 Å². The van der Waals surface area contributed by atoms with Gasteiger partial charge < -0.3 is 11.5 Å². The van der Waals surface area contributed by atoms with Gasteiger partial charge in [-0.3, -0.25) is 14.2 Å². The number of thiazole rings is 1. The van der Waals surface area contributed by atoms with Crippen LogP contribution in [0.25, 0.3) is 0 Å². The van der Waals surface area contributed by atoms with Gasteiger partial charge in [-0.25, -0.2) is 0 Å². The molecule has 18 heavy (non-hydrogen) atoms. The Kier molecular flexibility index (Phi) is 3.20. The predicted octanol–water partition coefficient (Wildman–Crippen LogP) is 0.948. The molecule has 0 unspecified atom stereocenters. The lowest BCUT2D eigenvalue weighted by atomic mass is 10.1. The highest BCUT2D eigenvalue weighted by Crippen LogP contribution is 2.16. The molecule has 0 radical (unpaired) electrons. The second kappa shape index (κ2) is 4.66. The number of carbonyl (C=O) groups excluding carboxylic acids is 1. The summed E-state index contributed by atoms with van der Waals surface area (Å²) in [5.41, 5.74) is 13.5. The molecule has 4 N–H and O–H groups in total. The van der Waals surface area contributed by atoms with Crippen molar-refractivity contribution in [2.24, 2.45) is 5.73 Å². The summed E-state index contributed by atoms with van der Waals surface area (Å²) >= 11 is 1.16. The monoisotopic (exact) mass is 263 g/mol. The van der Waals surface area contributed by atoms with Crippen LogP contribution in [0, 0.1) is 6.92 Å². The van der Waals surface area contributed by atoms with E-state index in [2.05, 4.69) is 0 Å². The summed E-state index contributed by atoms with van der Waals surface area (Å²) < 4.78 is 1.64. The van der Waals surface area contributed by atoms with E-state index in [1.165, 1.54) is 6.07 Å². The predicted molar refractivity (Wildman–Crippen MR) is 71.8 cm³/mol. The van der Waals surface area contributed by atoms with Crippen LogP contribution >= 0.6 is 11.3 Å². The minimum Gasteiger partial charge on any atom is -0.398 e. The molecule has 94 valence electrons. The molecule has 1 aromatic carbocycles. The molecule has 6 heteroatoms. The molecule has 0 aliphatic carbocycles. The third-order valence-corrected chi connectivity index (χ3v) is 3.62. The number of aryl methyl sites for hydroxylation is 1. The summed E-state index contributed by atoms with van der Waals surface area (Å²) in [6, 6.07) is 4.87. The second-order valence-corrected chi connectivity index (χ2v) is 4.83. The molecule has 1 aromatic heterocycles. The standard InChI is InChI=1S/C12H13N3O2S/c1-7-6-18-12(17)15(7)5-9-3-2-8(11(14)16)4-10(9)13/h2-4,6H,5,13H2,1H3,(H2,14,16). The summed E-state index contributed by atoms with van der Waals surface area (Å²) in [7, 11) is 0. The third kappa shape index (κ3) is 2.28. The smallest absolute Gasteiger partial charge is 0.307 e. The highest BCUT2D eigenvalue weighted by Gasteiger charge is 2.08. The topological polar surface area (TPSA) is 91.1 Å². The first-order valence-corrected chi connectivity index (χ1v) is 6.20. The number of rotatable bonds is 3. The molecule has 0 spiro atoms. The number of nitrogen functional groups attached to an aromatic ring is 1. The van der Waals surface area contributed by atoms with Gasteiger partial charge in [0.1, 0.15) is 0 Å². The van der Waals surface area contributed by atoms with Crippen LogP contribution in [0.15, 0.2) is 28.4 Å². The molecule has 0 bridgehead atoms. The first-order valence-electron chi connectivity index (χ1n) is 5.32. The first-order chi connectivity index (χ1) is 8.49. The van der Waals surface area contributed by atoms with Gasteiger partial charge in [-0.15, -0.1) is 0 Å². The molecule has 0 saturated carbocycles. The Bertz CT molecular complexity index is 658. The number of carbonyl (C=O) groups is 1. The maximum Gasteiger partial charge on any atom is 0.307 e. The van der Waals surface area contributed by atoms with Gasteiger partial charge in [0.15, 0.2) is 0 Å². The number of nitrogens with two attached hydrogens (primary N) is 2. The van der Waals surface area contributed by atoms with Gasteiger partial charge in [-0.1, -0.05) is 17.4 Å². The van der Waals surface area contributed by atoms with Gasteiger partial charge >= 0.3 is 4.87 Å². The van der Waals surface area contributed by atoms with Crippen LogP contribution in [0.2, 0.25) is 0 Å². The van der Waals surface area contributed by atoms with Gasteiger partial charge in [0, 0.05) is 22.3 Å². The molecule has 0 atom stereocenters. The van der Waals surface area contributed by atoms with Gasteiger partial charge in [-0.2, -0.15) is 0 Å². The number of nitrogens with zero attached hydrogens (tertiary/aromatic N) is 1. The Morgan fingerprint density at radius 3 is 2.67 bits per heavy atom. The summed E-state index contributed by atoms with van der Waals surface area (Å²) in [5.74, 6) is -0.517. The fraction of sp³-hybridized carbons (Fsp3) is 0.167. The maximum absolute atomic E-state index is 11.6. The molecule has 1 amide bonds. The van der Waals surface area contributed by atoms with Crippen LogP contribution in [-0.4, -0.2) is 10.5 Å². The van der Waals surface area contributed by atoms with Crippen LogP contribution < -0.4 is 16.3 Å². The van der Waals surface area contributed by atoms with Crippen molar-refractivity contribution in [3.63, 3.8) is 0 Å². The van der Waals surface area contributed by atoms with Crippen molar-refractivity contribution in [2.45, 2.75) is 13.5 Å². The first kappa shape index (κ1) is 12.4. The van der Waals surface area contributed by atoms with Gasteiger partial charge in [-0.05, 0) is 24.6 Å². The van der Waals surface area contributed by atoms with Crippen molar-refractivity contribution in [1.29, 1.82) is 0 Å². The van der Waals surface area contributed by atoms with Crippen molar-refractivity contribution in [2.75, 3.05) is 5.73 Å². The Hall–Kier alpha value is -2.08. The van der Waals surface area contributed by atoms with E-state index >= 15 is 0 Å². The highest BCUT2D eigenvalue weighted by molar-refractivity contribution is 7.07. The zero-order valence-electron chi connectivity index (χ0n) is 9.84. The summed E-state index contributed by atoms with van der Waals surface area (Å²) in [6.07, 6.45) is 0. The zero-order chi connectivity index (χ0) is 13.3. The lowest BCUT2D eigenvalue weighted by molar-refractivity contribution is 0.100. The molecule has 0 aliphatic rings. The molecule has 2 rings (SSSR count). The fourth-order valence-corrected chi connectivity index (χ4v) is 2.39. The zero-order valence-corrected chi connectivity index (χ0v) is 10.7. The lowest BCUT2D eigenvalue weighted by Crippen LogP contribution is -2.17. The van der Waals surface area contributed by atoms with Crippen LogP contribution in [0.5, 0.6) is 0 Å². The molecular weight excluding hydrogens is 250 g/mol. The van der Waals surface area contributed by atoms with E-state index in [1.54, 1.807) is 22.1 Å². The number of amides is 1. The third-order valence-electron chi connectivity index (χ3n) is 2.74. The molecule has 0 fully saturated rings. The largest absolute Gasteiger partial charge is 0.398 e. The van der Waals surface area contributed by atoms with E-state index in [-0.39, 0.29) is 4.87 Å². The van der Waals surface area contributed by atoms with E-state index in [4.69, 9.17) is 11.5 Å². The summed E-state index contributed by atoms with van der Waals surface area (Å²) in [4.78, 5) is 22.6. The van der Waals surface area contributed by atoms with Gasteiger partial charge in [0.2, 0.25) is 5.91 Å². The van der Waals surface area contributed by atoms with Crippen LogP contribution in [-0.2, 0) is 6.54 Å². The van der Waals surface area contributed by atoms with Crippen molar-refractivity contribution in [3.05, 3.63) is 50.1 Å². The molecule has 1 heterocycles. The number of hydrogen-bond acceptors (Lipinski definition) is 4. The SMILES string of the molecule is Cc1csc(=O)n1Cc1ccc(C(N)=O)cc1N. The molecule has 5 nitrogen and oxygen atoms in total. The maximum atomic E-state index is 11.6. The normalized spacial score (nSPS) is 10.5. The second-order valence-electron chi connectivity index (χ2n) is 4.01. The summed E-state index contributed by atoms with van der Waals surface area (Å²) in [5, 5.41) is 1.80. The van der Waals surface area contributed by atoms with E-state index in [1.807, 2.05) is 6.92 Å². The molecular formula is C12H13N3O2S. The molecule has 0 aliphatic heterocycles. The quantitative estimate of drug-likeness (QED) is 0.807. The number of aromatic nitrogens is 1. The average Bonchev–Trinajstić information content (AvgIpc) is 2.63. The minimum atomic E-state index is -0.517. The Labute approximate surface area is 108 Å². The minimum absolute atomic E-state index is 0.0223. The van der Waals surface area contributed by atoms with Gasteiger partial charge in [0.25, 0.3) is 0 Å². The summed E-state index contributed by atoms with van der Waals surface area (Å²) in [6.45, 7) is 2.27. The van der Waals surface area contributed by atoms with Crippen LogP contribution in [0.3, 0.4) is 0 Å². The van der Waals surface area contributed by atoms with Crippen molar-refractivity contribution >= 4 is 22.9 Å². The van der Waals surface area contributed by atoms with Crippen LogP contribution in [0.4, 0.5) is 5.69 Å². The van der Waals surface area contributed by atoms with Gasteiger partial charge in [0.05, 0.1) is 6.54 Å². The van der Waals surface area contributed by atoms with E-state index < -0.39 is 5.91 Å².